The Bertz CT molecular complexity index is 423. The van der Waals surface area contributed by atoms with Crippen LogP contribution in [0.5, 0.6) is 0 Å². The van der Waals surface area contributed by atoms with Gasteiger partial charge in [-0.15, -0.1) is 0 Å². The molecule has 0 aromatic heterocycles. The van der Waals surface area contributed by atoms with Crippen LogP contribution in [0.3, 0.4) is 0 Å². The Kier molecular flexibility index (Phi) is 4.39. The minimum atomic E-state index is -1.00. The van der Waals surface area contributed by atoms with E-state index in [0.29, 0.717) is 13.0 Å². The fourth-order valence-electron chi connectivity index (χ4n) is 2.61. The maximum absolute atomic E-state index is 11.2. The van der Waals surface area contributed by atoms with Crippen molar-refractivity contribution >= 4 is 6.09 Å². The summed E-state index contributed by atoms with van der Waals surface area (Å²) in [5.74, 6) is 0. The van der Waals surface area contributed by atoms with Gasteiger partial charge in [-0.05, 0) is 18.9 Å². The Morgan fingerprint density at radius 3 is 2.68 bits per heavy atom. The number of carboxylic acid groups (broad SMARTS) is 1. The average Bonchev–Trinajstić information content (AvgIpc) is 2.73. The van der Waals surface area contributed by atoms with Gasteiger partial charge in [-0.1, -0.05) is 30.3 Å². The number of carbonyl (C=O) groups is 1. The zero-order chi connectivity index (χ0) is 13.8. The number of rotatable bonds is 4. The topological polar surface area (TPSA) is 70.0 Å². The summed E-state index contributed by atoms with van der Waals surface area (Å²) in [7, 11) is 0. The van der Waals surface area contributed by atoms with Gasteiger partial charge in [0.2, 0.25) is 0 Å². The molecular weight excluding hydrogens is 246 g/mol. The largest absolute Gasteiger partial charge is 0.465 e. The van der Waals surface area contributed by atoms with Crippen molar-refractivity contribution in [1.82, 2.24) is 4.90 Å². The highest BCUT2D eigenvalue weighted by Gasteiger charge is 2.42. The van der Waals surface area contributed by atoms with Crippen molar-refractivity contribution in [3.8, 4) is 0 Å². The Morgan fingerprint density at radius 1 is 1.42 bits per heavy atom. The molecule has 0 aliphatic carbocycles. The lowest BCUT2D eigenvalue weighted by atomic mass is 10.1. The van der Waals surface area contributed by atoms with Crippen LogP contribution in [0.4, 0.5) is 4.79 Å². The van der Waals surface area contributed by atoms with Gasteiger partial charge in [-0.2, -0.15) is 0 Å². The van der Waals surface area contributed by atoms with Gasteiger partial charge in [0.05, 0.1) is 25.4 Å². The molecular formula is C14H19NO4. The second kappa shape index (κ2) is 6.04. The van der Waals surface area contributed by atoms with Gasteiger partial charge in [0.25, 0.3) is 0 Å². The molecule has 1 aromatic rings. The molecule has 5 nitrogen and oxygen atoms in total. The minimum absolute atomic E-state index is 0.129. The lowest BCUT2D eigenvalue weighted by molar-refractivity contribution is -0.000247. The molecule has 1 amide bonds. The summed E-state index contributed by atoms with van der Waals surface area (Å²) in [6.07, 6.45) is -0.640. The summed E-state index contributed by atoms with van der Waals surface area (Å²) in [6.45, 7) is 2.06. The number of ether oxygens (including phenoxy) is 1. The first-order chi connectivity index (χ1) is 9.13. The number of likely N-dealkylation sites (tertiary alicyclic amines) is 1. The van der Waals surface area contributed by atoms with Crippen LogP contribution in [-0.2, 0) is 11.3 Å². The number of aliphatic hydroxyl groups is 1. The van der Waals surface area contributed by atoms with Crippen molar-refractivity contribution in [2.75, 3.05) is 6.61 Å². The van der Waals surface area contributed by atoms with E-state index < -0.39 is 12.1 Å². The molecule has 5 heteroatoms. The van der Waals surface area contributed by atoms with E-state index in [1.807, 2.05) is 37.3 Å². The fourth-order valence-corrected chi connectivity index (χ4v) is 2.61. The van der Waals surface area contributed by atoms with E-state index in [1.54, 1.807) is 0 Å². The number of aliphatic hydroxyl groups excluding tert-OH is 1. The number of hydrogen-bond donors (Lipinski definition) is 2. The van der Waals surface area contributed by atoms with Gasteiger partial charge >= 0.3 is 6.09 Å². The van der Waals surface area contributed by atoms with Gasteiger partial charge in [0, 0.05) is 6.04 Å². The SMILES string of the molecule is C[C@@H]1CC(OCc2ccccc2)C(CO)N1C(=O)O. The van der Waals surface area contributed by atoms with Crippen LogP contribution in [0.15, 0.2) is 30.3 Å². The summed E-state index contributed by atoms with van der Waals surface area (Å²) in [6, 6.07) is 9.12. The van der Waals surface area contributed by atoms with Crippen LogP contribution < -0.4 is 0 Å². The third-order valence-electron chi connectivity index (χ3n) is 3.55. The van der Waals surface area contributed by atoms with E-state index >= 15 is 0 Å². The van der Waals surface area contributed by atoms with E-state index in [4.69, 9.17) is 9.84 Å². The van der Waals surface area contributed by atoms with Crippen molar-refractivity contribution in [1.29, 1.82) is 0 Å². The lowest BCUT2D eigenvalue weighted by Crippen LogP contribution is -2.44. The minimum Gasteiger partial charge on any atom is -0.465 e. The van der Waals surface area contributed by atoms with Crippen LogP contribution in [0.25, 0.3) is 0 Å². The molecule has 0 saturated carbocycles. The fraction of sp³-hybridized carbons (Fsp3) is 0.500. The van der Waals surface area contributed by atoms with E-state index in [2.05, 4.69) is 0 Å². The maximum Gasteiger partial charge on any atom is 0.407 e. The standard InChI is InChI=1S/C14H19NO4/c1-10-7-13(12(8-16)15(10)14(17)18)19-9-11-5-3-2-4-6-11/h2-6,10,12-13,16H,7-9H2,1H3,(H,17,18)/t10-,12?,13?/m1/s1. The highest BCUT2D eigenvalue weighted by atomic mass is 16.5. The zero-order valence-corrected chi connectivity index (χ0v) is 10.9. The molecule has 2 rings (SSSR count). The molecule has 1 heterocycles. The molecule has 1 saturated heterocycles. The van der Waals surface area contributed by atoms with Gasteiger partial charge in [0.1, 0.15) is 0 Å². The quantitative estimate of drug-likeness (QED) is 0.869. The van der Waals surface area contributed by atoms with E-state index in [9.17, 15) is 9.90 Å². The number of amides is 1. The molecule has 104 valence electrons. The zero-order valence-electron chi connectivity index (χ0n) is 10.9. The van der Waals surface area contributed by atoms with Gasteiger partial charge < -0.3 is 14.9 Å². The molecule has 3 atom stereocenters. The Morgan fingerprint density at radius 2 is 2.11 bits per heavy atom. The predicted molar refractivity (Wildman–Crippen MR) is 69.8 cm³/mol. The molecule has 0 spiro atoms. The normalized spacial score (nSPS) is 26.6. The van der Waals surface area contributed by atoms with E-state index in [1.165, 1.54) is 4.90 Å². The van der Waals surface area contributed by atoms with Crippen molar-refractivity contribution in [2.24, 2.45) is 0 Å². The monoisotopic (exact) mass is 265 g/mol. The second-order valence-corrected chi connectivity index (χ2v) is 4.86. The Labute approximate surface area is 112 Å². The molecule has 2 unspecified atom stereocenters. The molecule has 1 aliphatic heterocycles. The molecule has 1 fully saturated rings. The van der Waals surface area contributed by atoms with Crippen molar-refractivity contribution in [3.05, 3.63) is 35.9 Å². The Hall–Kier alpha value is -1.59. The molecule has 2 N–H and O–H groups in total. The molecule has 0 radical (unpaired) electrons. The van der Waals surface area contributed by atoms with E-state index in [-0.39, 0.29) is 18.8 Å². The number of benzene rings is 1. The van der Waals surface area contributed by atoms with Crippen molar-refractivity contribution < 1.29 is 19.7 Å². The van der Waals surface area contributed by atoms with Crippen LogP contribution >= 0.6 is 0 Å². The predicted octanol–water partition coefficient (Wildman–Crippen LogP) is 1.70. The molecule has 19 heavy (non-hydrogen) atoms. The van der Waals surface area contributed by atoms with Crippen LogP contribution in [0.1, 0.15) is 18.9 Å². The van der Waals surface area contributed by atoms with E-state index in [0.717, 1.165) is 5.56 Å². The van der Waals surface area contributed by atoms with Crippen LogP contribution in [0.2, 0.25) is 0 Å². The van der Waals surface area contributed by atoms with Gasteiger partial charge in [-0.25, -0.2) is 4.79 Å². The third-order valence-corrected chi connectivity index (χ3v) is 3.55. The molecule has 1 aliphatic rings. The number of nitrogens with zero attached hydrogens (tertiary/aromatic N) is 1. The first-order valence-corrected chi connectivity index (χ1v) is 6.41. The first-order valence-electron chi connectivity index (χ1n) is 6.41. The first kappa shape index (κ1) is 13.8. The van der Waals surface area contributed by atoms with Crippen molar-refractivity contribution in [3.63, 3.8) is 0 Å². The Balaban J connectivity index is 1.99. The summed E-state index contributed by atoms with van der Waals surface area (Å²) < 4.78 is 5.78. The maximum atomic E-state index is 11.2. The molecule has 1 aromatic carbocycles. The average molecular weight is 265 g/mol. The van der Waals surface area contributed by atoms with Crippen LogP contribution in [0, 0.1) is 0 Å². The highest BCUT2D eigenvalue weighted by Crippen LogP contribution is 2.27. The smallest absolute Gasteiger partial charge is 0.407 e. The summed E-state index contributed by atoms with van der Waals surface area (Å²) in [5, 5.41) is 18.5. The second-order valence-electron chi connectivity index (χ2n) is 4.86. The van der Waals surface area contributed by atoms with Crippen LogP contribution in [-0.4, -0.2) is 46.0 Å². The summed E-state index contributed by atoms with van der Waals surface area (Å²) in [4.78, 5) is 12.4. The lowest BCUT2D eigenvalue weighted by Gasteiger charge is -2.26. The molecule has 0 bridgehead atoms. The van der Waals surface area contributed by atoms with Gasteiger partial charge in [-0.3, -0.25) is 4.90 Å². The summed E-state index contributed by atoms with van der Waals surface area (Å²) in [5.41, 5.74) is 1.04. The summed E-state index contributed by atoms with van der Waals surface area (Å²) >= 11 is 0. The van der Waals surface area contributed by atoms with Crippen molar-refractivity contribution in [2.45, 2.75) is 38.1 Å². The van der Waals surface area contributed by atoms with Gasteiger partial charge in [0.15, 0.2) is 0 Å². The highest BCUT2D eigenvalue weighted by molar-refractivity contribution is 5.66. The third kappa shape index (κ3) is 3.05. The number of hydrogen-bond acceptors (Lipinski definition) is 3.